The summed E-state index contributed by atoms with van der Waals surface area (Å²) in [6.45, 7) is 0. The van der Waals surface area contributed by atoms with E-state index in [1.54, 1.807) is 0 Å². The van der Waals surface area contributed by atoms with Crippen molar-refractivity contribution in [2.24, 2.45) is 0 Å². The van der Waals surface area contributed by atoms with Gasteiger partial charge in [-0.2, -0.15) is 0 Å². The summed E-state index contributed by atoms with van der Waals surface area (Å²) in [6.07, 6.45) is 23.0. The van der Waals surface area contributed by atoms with Gasteiger partial charge in [0.15, 0.2) is 0 Å². The fourth-order valence-electron chi connectivity index (χ4n) is 1.42. The molecule has 0 unspecified atom stereocenters. The number of rotatable bonds is 0. The molecule has 1 rings (SSSR count). The third-order valence-electron chi connectivity index (χ3n) is 2.21. The first-order valence-electron chi connectivity index (χ1n) is 5.37. The predicted molar refractivity (Wildman–Crippen MR) is 58.4 cm³/mol. The average molecular weight is 175 g/mol. The molecule has 1 radical (unpaired) electrons. The monoisotopic (exact) mass is 175 g/mol. The molecule has 0 N–H and O–H groups in total. The Balaban J connectivity index is 2.28. The fraction of sp³-hybridized carbons (Fsp3) is 0.538. The van der Waals surface area contributed by atoms with Crippen LogP contribution in [0.1, 0.15) is 44.9 Å². The normalized spacial score (nSPS) is 27.7. The van der Waals surface area contributed by atoms with Crippen LogP contribution >= 0.6 is 0 Å². The smallest absolute Gasteiger partial charge is 0.0241 e. The van der Waals surface area contributed by atoms with Crippen molar-refractivity contribution in [2.75, 3.05) is 0 Å². The van der Waals surface area contributed by atoms with E-state index < -0.39 is 0 Å². The minimum absolute atomic E-state index is 1.06. The Kier molecular flexibility index (Phi) is 6.22. The molecule has 0 nitrogen and oxygen atoms in total. The zero-order valence-corrected chi connectivity index (χ0v) is 8.34. The van der Waals surface area contributed by atoms with Crippen LogP contribution in [-0.2, 0) is 0 Å². The fourth-order valence-corrected chi connectivity index (χ4v) is 1.42. The van der Waals surface area contributed by atoms with Gasteiger partial charge in [-0.25, -0.2) is 0 Å². The van der Waals surface area contributed by atoms with Gasteiger partial charge in [0.1, 0.15) is 0 Å². The van der Waals surface area contributed by atoms with Gasteiger partial charge in [0.05, 0.1) is 0 Å². The standard InChI is InChI=1S/C13H19/c1-2-4-6-8-10-12-13-11-9-7-5-3-1/h1-3,11,13H,4,6-10,12H2/b2-1-,5-3?,13-11-. The van der Waals surface area contributed by atoms with E-state index in [2.05, 4.69) is 30.4 Å². The molecule has 1 aliphatic rings. The lowest BCUT2D eigenvalue weighted by Gasteiger charge is -1.94. The molecule has 0 heteroatoms. The molecule has 0 saturated carbocycles. The molecule has 0 heterocycles. The van der Waals surface area contributed by atoms with Gasteiger partial charge < -0.3 is 0 Å². The third kappa shape index (κ3) is 6.39. The molecule has 71 valence electrons. The molecule has 0 amide bonds. The van der Waals surface area contributed by atoms with Gasteiger partial charge in [-0.05, 0) is 44.6 Å². The van der Waals surface area contributed by atoms with Crippen LogP contribution < -0.4 is 0 Å². The van der Waals surface area contributed by atoms with Crippen molar-refractivity contribution in [3.63, 3.8) is 0 Å². The van der Waals surface area contributed by atoms with E-state index in [9.17, 15) is 0 Å². The second kappa shape index (κ2) is 7.85. The van der Waals surface area contributed by atoms with Gasteiger partial charge in [0.25, 0.3) is 0 Å². The summed E-state index contributed by atoms with van der Waals surface area (Å²) in [5.41, 5.74) is 0. The van der Waals surface area contributed by atoms with Crippen molar-refractivity contribution in [2.45, 2.75) is 44.9 Å². The highest BCUT2D eigenvalue weighted by Gasteiger charge is 1.86. The molecular weight excluding hydrogens is 156 g/mol. The largest absolute Gasteiger partial charge is 0.0885 e. The lowest BCUT2D eigenvalue weighted by molar-refractivity contribution is 0.695. The summed E-state index contributed by atoms with van der Waals surface area (Å²) < 4.78 is 0. The number of hydrogen-bond acceptors (Lipinski definition) is 0. The minimum Gasteiger partial charge on any atom is -0.0885 e. The van der Waals surface area contributed by atoms with Gasteiger partial charge in [-0.1, -0.05) is 36.8 Å². The van der Waals surface area contributed by atoms with Crippen LogP contribution in [0.5, 0.6) is 0 Å². The molecule has 0 atom stereocenters. The highest BCUT2D eigenvalue weighted by molar-refractivity contribution is 4.99. The Labute approximate surface area is 82.0 Å². The second-order valence-corrected chi connectivity index (χ2v) is 3.45. The molecule has 1 aliphatic carbocycles. The second-order valence-electron chi connectivity index (χ2n) is 3.45. The Morgan fingerprint density at radius 1 is 0.769 bits per heavy atom. The van der Waals surface area contributed by atoms with E-state index in [0.717, 1.165) is 12.8 Å². The van der Waals surface area contributed by atoms with Crippen LogP contribution in [0, 0.1) is 6.08 Å². The van der Waals surface area contributed by atoms with E-state index in [4.69, 9.17) is 0 Å². The maximum atomic E-state index is 3.26. The summed E-state index contributed by atoms with van der Waals surface area (Å²) in [5, 5.41) is 0. The van der Waals surface area contributed by atoms with E-state index in [1.165, 1.54) is 32.1 Å². The van der Waals surface area contributed by atoms with Crippen molar-refractivity contribution in [3.8, 4) is 0 Å². The van der Waals surface area contributed by atoms with E-state index >= 15 is 0 Å². The molecular formula is C13H19. The van der Waals surface area contributed by atoms with Crippen molar-refractivity contribution in [3.05, 3.63) is 36.5 Å². The summed E-state index contributed by atoms with van der Waals surface area (Å²) >= 11 is 0. The van der Waals surface area contributed by atoms with Crippen LogP contribution in [0.4, 0.5) is 0 Å². The highest BCUT2D eigenvalue weighted by Crippen LogP contribution is 2.06. The summed E-state index contributed by atoms with van der Waals surface area (Å²) in [4.78, 5) is 0. The van der Waals surface area contributed by atoms with E-state index in [1.807, 2.05) is 6.08 Å². The Morgan fingerprint density at radius 2 is 1.54 bits per heavy atom. The molecule has 0 spiro atoms. The number of hydrogen-bond donors (Lipinski definition) is 0. The Morgan fingerprint density at radius 3 is 2.46 bits per heavy atom. The first-order chi connectivity index (χ1) is 6.50. The summed E-state index contributed by atoms with van der Waals surface area (Å²) in [6, 6.07) is 0. The van der Waals surface area contributed by atoms with Crippen LogP contribution in [-0.4, -0.2) is 0 Å². The first-order valence-corrected chi connectivity index (χ1v) is 5.37. The van der Waals surface area contributed by atoms with Gasteiger partial charge >= 0.3 is 0 Å². The SMILES string of the molecule is [C]1=C/C=C\CCCCC/C=C\CC/1. The van der Waals surface area contributed by atoms with Gasteiger partial charge in [0, 0.05) is 0 Å². The molecule has 0 aromatic heterocycles. The van der Waals surface area contributed by atoms with Gasteiger partial charge in [-0.15, -0.1) is 0 Å². The Hall–Kier alpha value is -0.780. The van der Waals surface area contributed by atoms with Crippen molar-refractivity contribution >= 4 is 0 Å². The van der Waals surface area contributed by atoms with E-state index in [0.29, 0.717) is 0 Å². The lowest BCUT2D eigenvalue weighted by atomic mass is 10.1. The molecule has 0 aliphatic heterocycles. The average Bonchev–Trinajstić information content (AvgIpc) is 2.18. The molecule has 13 heavy (non-hydrogen) atoms. The molecule has 0 aromatic carbocycles. The van der Waals surface area contributed by atoms with Gasteiger partial charge in [-0.3, -0.25) is 0 Å². The quantitative estimate of drug-likeness (QED) is 0.484. The first kappa shape index (κ1) is 10.3. The number of allylic oxidation sites excluding steroid dienone is 6. The zero-order valence-electron chi connectivity index (χ0n) is 8.34. The topological polar surface area (TPSA) is 0 Å². The van der Waals surface area contributed by atoms with E-state index in [-0.39, 0.29) is 0 Å². The molecule has 0 aromatic rings. The minimum atomic E-state index is 1.06. The van der Waals surface area contributed by atoms with Crippen LogP contribution in [0.3, 0.4) is 0 Å². The molecule has 0 saturated heterocycles. The summed E-state index contributed by atoms with van der Waals surface area (Å²) in [5.74, 6) is 0. The maximum absolute atomic E-state index is 3.26. The van der Waals surface area contributed by atoms with Crippen molar-refractivity contribution in [1.29, 1.82) is 0 Å². The van der Waals surface area contributed by atoms with Crippen LogP contribution in [0.2, 0.25) is 0 Å². The van der Waals surface area contributed by atoms with Gasteiger partial charge in [0.2, 0.25) is 0 Å². The highest BCUT2D eigenvalue weighted by atomic mass is 13.9. The molecule has 0 bridgehead atoms. The lowest BCUT2D eigenvalue weighted by Crippen LogP contribution is -1.74. The van der Waals surface area contributed by atoms with Crippen molar-refractivity contribution < 1.29 is 0 Å². The summed E-state index contributed by atoms with van der Waals surface area (Å²) in [7, 11) is 0. The maximum Gasteiger partial charge on any atom is -0.0241 e. The van der Waals surface area contributed by atoms with Crippen LogP contribution in [0.25, 0.3) is 0 Å². The Bertz CT molecular complexity index is 184. The third-order valence-corrected chi connectivity index (χ3v) is 2.21. The van der Waals surface area contributed by atoms with Crippen LogP contribution in [0.15, 0.2) is 30.4 Å². The zero-order chi connectivity index (χ0) is 9.19. The predicted octanol–water partition coefficient (Wildman–Crippen LogP) is 4.20. The van der Waals surface area contributed by atoms with Crippen molar-refractivity contribution in [1.82, 2.24) is 0 Å². The molecule has 0 fully saturated rings.